The SMILES string of the molecule is CCS[C@@H]1c2cn(CCO)nc2[C@@H](OC(C)C)O[C@@H]1COC(C)=O. The number of ether oxygens (including phenoxy) is 3. The van der Waals surface area contributed by atoms with E-state index in [1.165, 1.54) is 6.92 Å². The molecule has 1 aliphatic heterocycles. The number of aromatic nitrogens is 2. The molecular weight excluding hydrogens is 332 g/mol. The summed E-state index contributed by atoms with van der Waals surface area (Å²) < 4.78 is 18.8. The van der Waals surface area contributed by atoms with E-state index in [4.69, 9.17) is 14.2 Å². The summed E-state index contributed by atoms with van der Waals surface area (Å²) in [5.41, 5.74) is 1.76. The van der Waals surface area contributed by atoms with Crippen LogP contribution in [0.2, 0.25) is 0 Å². The molecule has 0 aliphatic carbocycles. The summed E-state index contributed by atoms with van der Waals surface area (Å²) in [6.45, 7) is 7.93. The number of aliphatic hydroxyl groups is 1. The minimum absolute atomic E-state index is 0.00352. The van der Waals surface area contributed by atoms with E-state index < -0.39 is 6.29 Å². The van der Waals surface area contributed by atoms with Crippen molar-refractivity contribution < 1.29 is 24.1 Å². The molecule has 24 heavy (non-hydrogen) atoms. The van der Waals surface area contributed by atoms with Crippen molar-refractivity contribution in [1.29, 1.82) is 0 Å². The molecule has 2 rings (SSSR count). The van der Waals surface area contributed by atoms with Crippen LogP contribution in [0, 0.1) is 0 Å². The molecule has 1 N–H and O–H groups in total. The zero-order valence-electron chi connectivity index (χ0n) is 14.6. The van der Waals surface area contributed by atoms with Crippen LogP contribution >= 0.6 is 11.8 Å². The van der Waals surface area contributed by atoms with Crippen molar-refractivity contribution in [3.05, 3.63) is 17.5 Å². The van der Waals surface area contributed by atoms with Gasteiger partial charge in [-0.15, -0.1) is 0 Å². The van der Waals surface area contributed by atoms with Gasteiger partial charge in [-0.05, 0) is 19.6 Å². The molecule has 2 heterocycles. The van der Waals surface area contributed by atoms with Crippen LogP contribution in [0.3, 0.4) is 0 Å². The van der Waals surface area contributed by atoms with Crippen LogP contribution in [0.5, 0.6) is 0 Å². The minimum atomic E-state index is -0.603. The number of nitrogens with zero attached hydrogens (tertiary/aromatic N) is 2. The summed E-state index contributed by atoms with van der Waals surface area (Å²) in [6.07, 6.45) is 0.991. The molecule has 0 saturated heterocycles. The lowest BCUT2D eigenvalue weighted by Crippen LogP contribution is -2.35. The number of hydrogen-bond acceptors (Lipinski definition) is 7. The first-order chi connectivity index (χ1) is 11.5. The smallest absolute Gasteiger partial charge is 0.302 e. The maximum atomic E-state index is 11.2. The Morgan fingerprint density at radius 1 is 1.54 bits per heavy atom. The third-order valence-corrected chi connectivity index (χ3v) is 4.76. The summed E-state index contributed by atoms with van der Waals surface area (Å²) in [5.74, 6) is 0.562. The average molecular weight is 358 g/mol. The van der Waals surface area contributed by atoms with Crippen LogP contribution in [-0.2, 0) is 25.5 Å². The van der Waals surface area contributed by atoms with Gasteiger partial charge in [-0.2, -0.15) is 16.9 Å². The van der Waals surface area contributed by atoms with Gasteiger partial charge in [0.15, 0.2) is 0 Å². The topological polar surface area (TPSA) is 82.8 Å². The van der Waals surface area contributed by atoms with Gasteiger partial charge in [-0.25, -0.2) is 0 Å². The lowest BCUT2D eigenvalue weighted by molar-refractivity contribution is -0.212. The van der Waals surface area contributed by atoms with Crippen LogP contribution in [0.4, 0.5) is 0 Å². The van der Waals surface area contributed by atoms with Crippen molar-refractivity contribution in [3.8, 4) is 0 Å². The van der Waals surface area contributed by atoms with Crippen molar-refractivity contribution in [2.75, 3.05) is 19.0 Å². The summed E-state index contributed by atoms with van der Waals surface area (Å²) in [6, 6.07) is 0. The molecule has 0 bridgehead atoms. The fourth-order valence-electron chi connectivity index (χ4n) is 2.61. The molecule has 0 fully saturated rings. The van der Waals surface area contributed by atoms with Crippen molar-refractivity contribution in [1.82, 2.24) is 9.78 Å². The first-order valence-corrected chi connectivity index (χ1v) is 9.25. The number of aliphatic hydroxyl groups excluding tert-OH is 1. The van der Waals surface area contributed by atoms with Gasteiger partial charge in [0, 0.05) is 18.7 Å². The highest BCUT2D eigenvalue weighted by molar-refractivity contribution is 7.99. The normalized spacial score (nSPS) is 23.3. The number of rotatable bonds is 8. The highest BCUT2D eigenvalue weighted by Crippen LogP contribution is 2.44. The Kier molecular flexibility index (Phi) is 7.09. The second kappa shape index (κ2) is 8.84. The standard InChI is InChI=1S/C16H26N2O5S/c1-5-24-15-12-8-18(6-7-19)17-14(12)16(22-10(2)3)23-13(15)9-21-11(4)20/h8,10,13,15-16,19H,5-7,9H2,1-4H3/t13-,15-,16+/m1/s1. The third kappa shape index (κ3) is 4.72. The van der Waals surface area contributed by atoms with Crippen molar-refractivity contribution in [2.45, 2.75) is 58.0 Å². The molecule has 0 spiro atoms. The van der Waals surface area contributed by atoms with E-state index in [1.807, 2.05) is 20.0 Å². The van der Waals surface area contributed by atoms with Crippen LogP contribution in [0.15, 0.2) is 6.20 Å². The van der Waals surface area contributed by atoms with Gasteiger partial charge in [-0.1, -0.05) is 6.92 Å². The molecular formula is C16H26N2O5S. The van der Waals surface area contributed by atoms with E-state index in [2.05, 4.69) is 12.0 Å². The predicted octanol–water partition coefficient (Wildman–Crippen LogP) is 2.06. The van der Waals surface area contributed by atoms with E-state index in [9.17, 15) is 9.90 Å². The molecule has 1 aliphatic rings. The molecule has 0 saturated carbocycles. The van der Waals surface area contributed by atoms with E-state index in [0.29, 0.717) is 6.54 Å². The Morgan fingerprint density at radius 2 is 2.29 bits per heavy atom. The molecule has 136 valence electrons. The van der Waals surface area contributed by atoms with E-state index in [0.717, 1.165) is 17.0 Å². The Labute approximate surface area is 146 Å². The maximum Gasteiger partial charge on any atom is 0.302 e. The molecule has 3 atom stereocenters. The number of fused-ring (bicyclic) bond motifs is 1. The van der Waals surface area contributed by atoms with Crippen LogP contribution in [-0.4, -0.2) is 52.0 Å². The average Bonchev–Trinajstić information content (AvgIpc) is 2.92. The molecule has 7 nitrogen and oxygen atoms in total. The van der Waals surface area contributed by atoms with Gasteiger partial charge < -0.3 is 19.3 Å². The van der Waals surface area contributed by atoms with Gasteiger partial charge in [0.05, 0.1) is 24.5 Å². The molecule has 1 aromatic heterocycles. The van der Waals surface area contributed by atoms with Gasteiger partial charge >= 0.3 is 5.97 Å². The van der Waals surface area contributed by atoms with Crippen LogP contribution in [0.25, 0.3) is 0 Å². The third-order valence-electron chi connectivity index (χ3n) is 3.51. The summed E-state index contributed by atoms with van der Waals surface area (Å²) in [5, 5.41) is 13.7. The fourth-order valence-corrected chi connectivity index (χ4v) is 3.69. The lowest BCUT2D eigenvalue weighted by atomic mass is 10.0. The second-order valence-electron chi connectivity index (χ2n) is 5.83. The molecule has 1 aromatic rings. The number of carbonyl (C=O) groups excluding carboxylic acids is 1. The second-order valence-corrected chi connectivity index (χ2v) is 7.24. The number of esters is 1. The zero-order chi connectivity index (χ0) is 17.7. The molecule has 0 radical (unpaired) electrons. The minimum Gasteiger partial charge on any atom is -0.463 e. The quantitative estimate of drug-likeness (QED) is 0.712. The predicted molar refractivity (Wildman–Crippen MR) is 90.7 cm³/mol. The number of carbonyl (C=O) groups is 1. The molecule has 0 unspecified atom stereocenters. The van der Waals surface area contributed by atoms with Crippen molar-refractivity contribution in [3.63, 3.8) is 0 Å². The first kappa shape index (κ1) is 19.2. The highest BCUT2D eigenvalue weighted by Gasteiger charge is 2.40. The summed E-state index contributed by atoms with van der Waals surface area (Å²) in [4.78, 5) is 11.2. The molecule has 0 amide bonds. The summed E-state index contributed by atoms with van der Waals surface area (Å²) >= 11 is 1.72. The van der Waals surface area contributed by atoms with E-state index in [-0.39, 0.29) is 36.6 Å². The number of thioether (sulfide) groups is 1. The lowest BCUT2D eigenvalue weighted by Gasteiger charge is -2.35. The van der Waals surface area contributed by atoms with E-state index in [1.54, 1.807) is 16.4 Å². The van der Waals surface area contributed by atoms with Crippen molar-refractivity contribution in [2.24, 2.45) is 0 Å². The van der Waals surface area contributed by atoms with Crippen molar-refractivity contribution >= 4 is 17.7 Å². The number of hydrogen-bond donors (Lipinski definition) is 1. The van der Waals surface area contributed by atoms with Gasteiger partial charge in [0.2, 0.25) is 6.29 Å². The fraction of sp³-hybridized carbons (Fsp3) is 0.750. The van der Waals surface area contributed by atoms with Crippen LogP contribution in [0.1, 0.15) is 50.5 Å². The van der Waals surface area contributed by atoms with Gasteiger partial charge in [0.1, 0.15) is 18.4 Å². The van der Waals surface area contributed by atoms with Crippen LogP contribution < -0.4 is 0 Å². The Bertz CT molecular complexity index is 549. The van der Waals surface area contributed by atoms with E-state index >= 15 is 0 Å². The molecule has 0 aromatic carbocycles. The Balaban J connectivity index is 2.32. The first-order valence-electron chi connectivity index (χ1n) is 8.20. The largest absolute Gasteiger partial charge is 0.463 e. The highest BCUT2D eigenvalue weighted by atomic mass is 32.2. The maximum absolute atomic E-state index is 11.2. The summed E-state index contributed by atoms with van der Waals surface area (Å²) in [7, 11) is 0. The monoisotopic (exact) mass is 358 g/mol. The zero-order valence-corrected chi connectivity index (χ0v) is 15.4. The van der Waals surface area contributed by atoms with Gasteiger partial charge in [0.25, 0.3) is 0 Å². The Hall–Kier alpha value is -1.09. The Morgan fingerprint density at radius 3 is 2.88 bits per heavy atom. The molecule has 8 heteroatoms. The van der Waals surface area contributed by atoms with Gasteiger partial charge in [-0.3, -0.25) is 9.48 Å².